The van der Waals surface area contributed by atoms with Crippen LogP contribution in [0.4, 0.5) is 5.69 Å². The Morgan fingerprint density at radius 2 is 1.72 bits per heavy atom. The molecule has 1 fully saturated rings. The van der Waals surface area contributed by atoms with E-state index in [1.807, 2.05) is 50.2 Å². The fraction of sp³-hybridized carbons (Fsp3) is 0.429. The molecule has 8 heteroatoms. The Balaban J connectivity index is 1.76. The third-order valence-electron chi connectivity index (χ3n) is 7.52. The molecule has 1 aliphatic heterocycles. The minimum atomic E-state index is -1.16. The van der Waals surface area contributed by atoms with Gasteiger partial charge in [-0.3, -0.25) is 14.4 Å². The van der Waals surface area contributed by atoms with Crippen molar-refractivity contribution < 1.29 is 14.4 Å². The topological polar surface area (TPSA) is 105 Å². The first kappa shape index (κ1) is 25.9. The van der Waals surface area contributed by atoms with Crippen LogP contribution in [0.2, 0.25) is 5.02 Å². The number of benzodiazepines with no additional fused rings is 1. The highest BCUT2D eigenvalue weighted by molar-refractivity contribution is 6.30. The van der Waals surface area contributed by atoms with Crippen molar-refractivity contribution in [2.24, 2.45) is 28.0 Å². The Morgan fingerprint density at radius 1 is 1.08 bits per heavy atom. The summed E-state index contributed by atoms with van der Waals surface area (Å²) in [7, 11) is 1.67. The average molecular weight is 509 g/mol. The van der Waals surface area contributed by atoms with Gasteiger partial charge in [0.2, 0.25) is 18.0 Å². The van der Waals surface area contributed by atoms with Gasteiger partial charge in [-0.25, -0.2) is 4.99 Å². The van der Waals surface area contributed by atoms with Crippen LogP contribution in [0.15, 0.2) is 53.5 Å². The molecule has 7 nitrogen and oxygen atoms in total. The third kappa shape index (κ3) is 4.76. The predicted octanol–water partition coefficient (Wildman–Crippen LogP) is 4.30. The van der Waals surface area contributed by atoms with Gasteiger partial charge in [-0.2, -0.15) is 0 Å². The maximum absolute atomic E-state index is 13.8. The maximum atomic E-state index is 13.8. The van der Waals surface area contributed by atoms with Gasteiger partial charge in [0.05, 0.1) is 22.7 Å². The molecule has 3 amide bonds. The lowest BCUT2D eigenvalue weighted by Crippen LogP contribution is -2.55. The highest BCUT2D eigenvalue weighted by atomic mass is 35.5. The van der Waals surface area contributed by atoms with E-state index in [9.17, 15) is 14.4 Å². The molecule has 2 aromatic rings. The number of likely N-dealkylation sites (N-methyl/N-ethyl adjacent to an activating group) is 1. The van der Waals surface area contributed by atoms with Crippen LogP contribution in [-0.4, -0.2) is 36.6 Å². The molecule has 36 heavy (non-hydrogen) atoms. The van der Waals surface area contributed by atoms with Crippen molar-refractivity contribution >= 4 is 40.7 Å². The van der Waals surface area contributed by atoms with Crippen LogP contribution in [0.25, 0.3) is 0 Å². The van der Waals surface area contributed by atoms with Crippen molar-refractivity contribution in [2.75, 3.05) is 11.9 Å². The zero-order valence-electron chi connectivity index (χ0n) is 21.0. The quantitative estimate of drug-likeness (QED) is 0.607. The number of hydrogen-bond donors (Lipinski definition) is 2. The highest BCUT2D eigenvalue weighted by Gasteiger charge is 2.50. The Labute approximate surface area is 217 Å². The van der Waals surface area contributed by atoms with Crippen molar-refractivity contribution in [3.63, 3.8) is 0 Å². The van der Waals surface area contributed by atoms with Crippen molar-refractivity contribution in [1.29, 1.82) is 0 Å². The second-order valence-electron chi connectivity index (χ2n) is 10.1. The molecule has 2 atom stereocenters. The minimum absolute atomic E-state index is 0.147. The summed E-state index contributed by atoms with van der Waals surface area (Å²) in [5.41, 5.74) is 7.80. The molecular formula is C28H33ClN4O3. The number of primary amides is 1. The number of aliphatic imine (C=N–C) groups is 1. The third-order valence-corrected chi connectivity index (χ3v) is 7.77. The van der Waals surface area contributed by atoms with E-state index in [2.05, 4.69) is 5.32 Å². The maximum Gasteiger partial charge on any atom is 0.272 e. The Bertz CT molecular complexity index is 1190. The zero-order chi connectivity index (χ0) is 26.0. The second kappa shape index (κ2) is 10.4. The van der Waals surface area contributed by atoms with Crippen LogP contribution in [0.1, 0.15) is 57.1 Å². The fourth-order valence-electron chi connectivity index (χ4n) is 5.76. The van der Waals surface area contributed by atoms with Gasteiger partial charge in [-0.15, -0.1) is 0 Å². The number of amides is 3. The van der Waals surface area contributed by atoms with Crippen LogP contribution >= 0.6 is 11.6 Å². The molecule has 190 valence electrons. The molecule has 1 saturated carbocycles. The molecule has 0 radical (unpaired) electrons. The van der Waals surface area contributed by atoms with Crippen LogP contribution in [0.5, 0.6) is 0 Å². The lowest BCUT2D eigenvalue weighted by molar-refractivity contribution is -0.146. The Morgan fingerprint density at radius 3 is 2.33 bits per heavy atom. The van der Waals surface area contributed by atoms with Crippen molar-refractivity contribution in [2.45, 2.75) is 52.1 Å². The summed E-state index contributed by atoms with van der Waals surface area (Å²) < 4.78 is 0. The summed E-state index contributed by atoms with van der Waals surface area (Å²) in [4.78, 5) is 46.4. The van der Waals surface area contributed by atoms with Crippen LogP contribution < -0.4 is 16.0 Å². The largest absolute Gasteiger partial charge is 0.369 e. The van der Waals surface area contributed by atoms with E-state index >= 15 is 0 Å². The Hall–Kier alpha value is -3.19. The number of nitrogens with two attached hydrogens (primary N) is 1. The van der Waals surface area contributed by atoms with Gasteiger partial charge in [-0.1, -0.05) is 75.0 Å². The number of carbonyl (C=O) groups excluding carboxylic acids is 3. The molecule has 0 aromatic heterocycles. The Kier molecular flexibility index (Phi) is 7.50. The number of benzene rings is 2. The highest BCUT2D eigenvalue weighted by Crippen LogP contribution is 2.45. The van der Waals surface area contributed by atoms with Gasteiger partial charge >= 0.3 is 0 Å². The van der Waals surface area contributed by atoms with Gasteiger partial charge in [0.1, 0.15) is 0 Å². The average Bonchev–Trinajstić information content (AvgIpc) is 2.96. The first-order chi connectivity index (χ1) is 17.2. The molecule has 2 unspecified atom stereocenters. The lowest BCUT2D eigenvalue weighted by atomic mass is 9.61. The SMILES string of the molecule is CC(C)C(C(=O)NC1N=C(c2ccc(Cl)cc2)c2ccccc2N(C)C1=O)C1(C(N)=O)CCCCC1. The van der Waals surface area contributed by atoms with E-state index < -0.39 is 23.4 Å². The van der Waals surface area contributed by atoms with E-state index in [4.69, 9.17) is 22.3 Å². The molecule has 1 heterocycles. The summed E-state index contributed by atoms with van der Waals surface area (Å²) in [5.74, 6) is -1.99. The normalized spacial score (nSPS) is 20.2. The summed E-state index contributed by atoms with van der Waals surface area (Å²) in [6, 6.07) is 14.7. The van der Waals surface area contributed by atoms with Crippen LogP contribution in [-0.2, 0) is 14.4 Å². The van der Waals surface area contributed by atoms with Gasteiger partial charge < -0.3 is 16.0 Å². The van der Waals surface area contributed by atoms with Crippen molar-refractivity contribution in [1.82, 2.24) is 5.32 Å². The zero-order valence-corrected chi connectivity index (χ0v) is 21.7. The van der Waals surface area contributed by atoms with E-state index in [0.29, 0.717) is 29.3 Å². The van der Waals surface area contributed by atoms with E-state index in [0.717, 1.165) is 30.4 Å². The summed E-state index contributed by atoms with van der Waals surface area (Å²) in [6.45, 7) is 3.84. The number of hydrogen-bond acceptors (Lipinski definition) is 4. The van der Waals surface area contributed by atoms with Crippen LogP contribution in [0, 0.1) is 17.3 Å². The fourth-order valence-corrected chi connectivity index (χ4v) is 5.89. The summed E-state index contributed by atoms with van der Waals surface area (Å²) in [5, 5.41) is 3.48. The number of halogens is 1. The van der Waals surface area contributed by atoms with Crippen molar-refractivity contribution in [3.8, 4) is 0 Å². The van der Waals surface area contributed by atoms with Gasteiger partial charge in [0, 0.05) is 23.2 Å². The molecule has 0 bridgehead atoms. The number of nitrogens with zero attached hydrogens (tertiary/aromatic N) is 2. The molecule has 0 spiro atoms. The second-order valence-corrected chi connectivity index (χ2v) is 10.5. The molecule has 4 rings (SSSR count). The van der Waals surface area contributed by atoms with E-state index in [-0.39, 0.29) is 17.7 Å². The molecule has 3 N–H and O–H groups in total. The number of nitrogens with one attached hydrogen (secondary N) is 1. The number of fused-ring (bicyclic) bond motifs is 1. The van der Waals surface area contributed by atoms with E-state index in [1.165, 1.54) is 4.90 Å². The summed E-state index contributed by atoms with van der Waals surface area (Å²) in [6.07, 6.45) is 2.69. The van der Waals surface area contributed by atoms with Crippen LogP contribution in [0.3, 0.4) is 0 Å². The molecule has 0 saturated heterocycles. The number of para-hydroxylation sites is 1. The standard InChI is InChI=1S/C28H33ClN4O3/c1-17(2)22(28(27(30)36)15-7-4-8-16-28)25(34)32-24-26(35)33(3)21-10-6-5-9-20(21)23(31-24)18-11-13-19(29)14-12-18/h5-6,9-14,17,22,24H,4,7-8,15-16H2,1-3H3,(H2,30,36)(H,32,34). The lowest BCUT2D eigenvalue weighted by Gasteiger charge is -2.42. The number of anilines is 1. The number of carbonyl (C=O) groups is 3. The monoisotopic (exact) mass is 508 g/mol. The molecular weight excluding hydrogens is 476 g/mol. The van der Waals surface area contributed by atoms with Gasteiger partial charge in [0.15, 0.2) is 0 Å². The first-order valence-electron chi connectivity index (χ1n) is 12.5. The van der Waals surface area contributed by atoms with Gasteiger partial charge in [0.25, 0.3) is 5.91 Å². The number of rotatable bonds is 6. The van der Waals surface area contributed by atoms with Crippen molar-refractivity contribution in [3.05, 3.63) is 64.7 Å². The minimum Gasteiger partial charge on any atom is -0.369 e. The smallest absolute Gasteiger partial charge is 0.272 e. The molecule has 1 aliphatic carbocycles. The molecule has 2 aromatic carbocycles. The first-order valence-corrected chi connectivity index (χ1v) is 12.8. The van der Waals surface area contributed by atoms with Gasteiger partial charge in [-0.05, 0) is 37.0 Å². The van der Waals surface area contributed by atoms with E-state index in [1.54, 1.807) is 19.2 Å². The predicted molar refractivity (Wildman–Crippen MR) is 142 cm³/mol. The summed E-state index contributed by atoms with van der Waals surface area (Å²) >= 11 is 6.11. The molecule has 2 aliphatic rings.